The van der Waals surface area contributed by atoms with Gasteiger partial charge >= 0.3 is 0 Å². The van der Waals surface area contributed by atoms with E-state index in [4.69, 9.17) is 10.3 Å². The lowest BCUT2D eigenvalue weighted by Crippen LogP contribution is -2.48. The molecule has 6 nitrogen and oxygen atoms in total. The van der Waals surface area contributed by atoms with Gasteiger partial charge in [-0.25, -0.2) is 0 Å². The van der Waals surface area contributed by atoms with Crippen LogP contribution in [0.5, 0.6) is 0 Å². The third kappa shape index (κ3) is 4.77. The molecule has 0 radical (unpaired) electrons. The molecule has 0 aliphatic heterocycles. The lowest BCUT2D eigenvalue weighted by Gasteiger charge is -2.37. The third-order valence-electron chi connectivity index (χ3n) is 6.18. The molecule has 1 aromatic heterocycles. The third-order valence-corrected chi connectivity index (χ3v) is 6.18. The number of nitrogens with one attached hydrogen (secondary N) is 1. The van der Waals surface area contributed by atoms with Crippen molar-refractivity contribution in [2.45, 2.75) is 44.2 Å². The molecule has 0 spiro atoms. The fraction of sp³-hybridized carbons (Fsp3) is 0.250. The van der Waals surface area contributed by atoms with Gasteiger partial charge in [0.2, 0.25) is 11.8 Å². The summed E-state index contributed by atoms with van der Waals surface area (Å²) < 4.78 is 5.37. The SMILES string of the molecule is CC[C@H](C)c1noc([C@@H](N)CC(=O)NC(c2ccccc2)(c2ccccc2)c2ccccc2)n1. The van der Waals surface area contributed by atoms with Gasteiger partial charge < -0.3 is 15.6 Å². The number of nitrogens with two attached hydrogens (primary N) is 1. The highest BCUT2D eigenvalue weighted by Gasteiger charge is 2.38. The van der Waals surface area contributed by atoms with Crippen molar-refractivity contribution in [2.75, 3.05) is 0 Å². The molecule has 6 heteroatoms. The Kier molecular flexibility index (Phi) is 7.18. The van der Waals surface area contributed by atoms with Gasteiger partial charge in [-0.3, -0.25) is 4.79 Å². The molecule has 1 heterocycles. The van der Waals surface area contributed by atoms with Crippen molar-refractivity contribution in [3.05, 3.63) is 119 Å². The second-order valence-electron chi connectivity index (χ2n) is 8.51. The second-order valence-corrected chi connectivity index (χ2v) is 8.51. The van der Waals surface area contributed by atoms with Crippen LogP contribution in [0.1, 0.15) is 67.1 Å². The van der Waals surface area contributed by atoms with E-state index in [0.717, 1.165) is 23.1 Å². The minimum absolute atomic E-state index is 0.0103. The van der Waals surface area contributed by atoms with Gasteiger partial charge in [0.1, 0.15) is 5.54 Å². The Balaban J connectivity index is 1.70. The summed E-state index contributed by atoms with van der Waals surface area (Å²) in [6.07, 6.45) is 0.902. The molecule has 4 aromatic rings. The minimum atomic E-state index is -0.892. The predicted octanol–water partition coefficient (Wildman–Crippen LogP) is 5.08. The van der Waals surface area contributed by atoms with Gasteiger partial charge in [-0.15, -0.1) is 0 Å². The second kappa shape index (κ2) is 10.4. The normalized spacial score (nSPS) is 13.3. The number of hydrogen-bond donors (Lipinski definition) is 2. The van der Waals surface area contributed by atoms with Crippen LogP contribution >= 0.6 is 0 Å². The zero-order chi connectivity index (χ0) is 24.0. The largest absolute Gasteiger partial charge is 0.338 e. The minimum Gasteiger partial charge on any atom is -0.338 e. The highest BCUT2D eigenvalue weighted by molar-refractivity contribution is 5.79. The zero-order valence-electron chi connectivity index (χ0n) is 19.5. The quantitative estimate of drug-likeness (QED) is 0.344. The van der Waals surface area contributed by atoms with Crippen molar-refractivity contribution >= 4 is 5.91 Å². The van der Waals surface area contributed by atoms with Crippen LogP contribution in [0.15, 0.2) is 95.5 Å². The van der Waals surface area contributed by atoms with E-state index in [1.54, 1.807) is 0 Å². The van der Waals surface area contributed by atoms with Crippen molar-refractivity contribution in [1.29, 1.82) is 0 Å². The Morgan fingerprint density at radius 1 is 0.912 bits per heavy atom. The molecule has 3 N–H and O–H groups in total. The number of carbonyl (C=O) groups excluding carboxylic acids is 1. The number of hydrogen-bond acceptors (Lipinski definition) is 5. The Hall–Kier alpha value is -3.77. The van der Waals surface area contributed by atoms with Crippen LogP contribution in [-0.4, -0.2) is 16.0 Å². The maximum atomic E-state index is 13.5. The van der Waals surface area contributed by atoms with Crippen molar-refractivity contribution in [1.82, 2.24) is 15.5 Å². The van der Waals surface area contributed by atoms with E-state index >= 15 is 0 Å². The number of carbonyl (C=O) groups is 1. The summed E-state index contributed by atoms with van der Waals surface area (Å²) in [5.41, 5.74) is 8.29. The van der Waals surface area contributed by atoms with Crippen LogP contribution < -0.4 is 11.1 Å². The van der Waals surface area contributed by atoms with Gasteiger partial charge in [0.25, 0.3) is 0 Å². The van der Waals surface area contributed by atoms with Gasteiger partial charge in [-0.05, 0) is 23.1 Å². The molecule has 0 aliphatic carbocycles. The summed E-state index contributed by atoms with van der Waals surface area (Å²) in [5, 5.41) is 7.35. The summed E-state index contributed by atoms with van der Waals surface area (Å²) in [6, 6.07) is 29.2. The first-order valence-corrected chi connectivity index (χ1v) is 11.6. The molecular weight excluding hydrogens is 424 g/mol. The Bertz CT molecular complexity index is 1100. The average molecular weight is 455 g/mol. The summed E-state index contributed by atoms with van der Waals surface area (Å²) in [6.45, 7) is 4.09. The predicted molar refractivity (Wildman–Crippen MR) is 132 cm³/mol. The molecule has 1 amide bonds. The van der Waals surface area contributed by atoms with Crippen molar-refractivity contribution < 1.29 is 9.32 Å². The van der Waals surface area contributed by atoms with Crippen LogP contribution in [0.25, 0.3) is 0 Å². The smallest absolute Gasteiger partial charge is 0.244 e. The van der Waals surface area contributed by atoms with E-state index in [-0.39, 0.29) is 24.1 Å². The zero-order valence-corrected chi connectivity index (χ0v) is 19.5. The fourth-order valence-corrected chi connectivity index (χ4v) is 4.11. The molecule has 4 rings (SSSR count). The standard InChI is InChI=1S/C28H30N4O2/c1-3-20(2)26-30-27(34-32-26)24(29)19-25(33)31-28(21-13-7-4-8-14-21,22-15-9-5-10-16-22)23-17-11-6-12-18-23/h4-18,20,24H,3,19,29H2,1-2H3,(H,31,33)/t20-,24-/m0/s1. The van der Waals surface area contributed by atoms with Crippen LogP contribution in [0, 0.1) is 0 Å². The highest BCUT2D eigenvalue weighted by Crippen LogP contribution is 2.37. The van der Waals surface area contributed by atoms with Gasteiger partial charge in [-0.2, -0.15) is 4.98 Å². The Morgan fingerprint density at radius 2 is 1.38 bits per heavy atom. The first-order valence-electron chi connectivity index (χ1n) is 11.6. The lowest BCUT2D eigenvalue weighted by molar-refractivity contribution is -0.122. The number of nitrogens with zero attached hydrogens (tertiary/aromatic N) is 2. The lowest BCUT2D eigenvalue weighted by atomic mass is 9.77. The summed E-state index contributed by atoms with van der Waals surface area (Å²) in [5.74, 6) is 0.837. The monoisotopic (exact) mass is 454 g/mol. The summed E-state index contributed by atoms with van der Waals surface area (Å²) in [4.78, 5) is 17.9. The van der Waals surface area contributed by atoms with E-state index < -0.39 is 11.6 Å². The molecule has 174 valence electrons. The molecular formula is C28H30N4O2. The highest BCUT2D eigenvalue weighted by atomic mass is 16.5. The first-order chi connectivity index (χ1) is 16.5. The number of benzene rings is 3. The van der Waals surface area contributed by atoms with Crippen LogP contribution in [0.3, 0.4) is 0 Å². The van der Waals surface area contributed by atoms with E-state index in [2.05, 4.69) is 22.4 Å². The topological polar surface area (TPSA) is 94.0 Å². The molecule has 0 unspecified atom stereocenters. The van der Waals surface area contributed by atoms with Crippen LogP contribution in [0.2, 0.25) is 0 Å². The first kappa shape index (κ1) is 23.4. The van der Waals surface area contributed by atoms with Crippen LogP contribution in [0.4, 0.5) is 0 Å². The van der Waals surface area contributed by atoms with Crippen molar-refractivity contribution in [3.8, 4) is 0 Å². The van der Waals surface area contributed by atoms with Gasteiger partial charge in [0.05, 0.1) is 12.5 Å². The number of rotatable bonds is 9. The van der Waals surface area contributed by atoms with Gasteiger partial charge in [-0.1, -0.05) is 110 Å². The maximum absolute atomic E-state index is 13.5. The molecule has 34 heavy (non-hydrogen) atoms. The summed E-state index contributed by atoms with van der Waals surface area (Å²) >= 11 is 0. The van der Waals surface area contributed by atoms with Gasteiger partial charge in [0, 0.05) is 5.92 Å². The van der Waals surface area contributed by atoms with E-state index in [0.29, 0.717) is 5.82 Å². The number of aromatic nitrogens is 2. The van der Waals surface area contributed by atoms with Gasteiger partial charge in [0.15, 0.2) is 5.82 Å². The molecule has 3 aromatic carbocycles. The molecule has 0 aliphatic rings. The average Bonchev–Trinajstić information content (AvgIpc) is 3.39. The number of amides is 1. The molecule has 0 saturated carbocycles. The molecule has 0 saturated heterocycles. The molecule has 0 bridgehead atoms. The fourth-order valence-electron chi connectivity index (χ4n) is 4.11. The maximum Gasteiger partial charge on any atom is 0.244 e. The summed E-state index contributed by atoms with van der Waals surface area (Å²) in [7, 11) is 0. The Morgan fingerprint density at radius 3 is 1.82 bits per heavy atom. The molecule has 0 fully saturated rings. The van der Waals surface area contributed by atoms with E-state index in [1.165, 1.54) is 0 Å². The van der Waals surface area contributed by atoms with E-state index in [9.17, 15) is 4.79 Å². The van der Waals surface area contributed by atoms with E-state index in [1.807, 2.05) is 97.9 Å². The van der Waals surface area contributed by atoms with Crippen LogP contribution in [-0.2, 0) is 10.3 Å². The molecule has 2 atom stereocenters. The van der Waals surface area contributed by atoms with Crippen molar-refractivity contribution in [2.24, 2.45) is 5.73 Å². The Labute approximate surface area is 200 Å². The van der Waals surface area contributed by atoms with Crippen molar-refractivity contribution in [3.63, 3.8) is 0 Å².